The molecule has 0 aromatic heterocycles. The highest BCUT2D eigenvalue weighted by atomic mass is 16.6. The van der Waals surface area contributed by atoms with E-state index in [9.17, 15) is 4.79 Å². The van der Waals surface area contributed by atoms with Crippen LogP contribution < -0.4 is 10.1 Å². The van der Waals surface area contributed by atoms with Gasteiger partial charge in [0.05, 0.1) is 6.61 Å². The fourth-order valence-corrected chi connectivity index (χ4v) is 3.94. The number of para-hydroxylation sites is 1. The van der Waals surface area contributed by atoms with Gasteiger partial charge in [-0.1, -0.05) is 30.0 Å². The number of rotatable bonds is 4. The lowest BCUT2D eigenvalue weighted by atomic mass is 9.93. The van der Waals surface area contributed by atoms with E-state index < -0.39 is 6.09 Å². The molecule has 5 nitrogen and oxygen atoms in total. The molecular formula is C24H25NO4. The highest BCUT2D eigenvalue weighted by molar-refractivity contribution is 5.84. The van der Waals surface area contributed by atoms with Crippen LogP contribution in [0.25, 0.3) is 0 Å². The number of nitrogens with one attached hydrogen (secondary N) is 1. The first kappa shape index (κ1) is 19.4. The van der Waals surface area contributed by atoms with Crippen molar-refractivity contribution >= 4 is 11.8 Å². The summed E-state index contributed by atoms with van der Waals surface area (Å²) >= 11 is 0. The summed E-state index contributed by atoms with van der Waals surface area (Å²) in [6, 6.07) is 11.4. The Morgan fingerprint density at radius 1 is 1.24 bits per heavy atom. The molecule has 2 aromatic carbocycles. The predicted octanol–water partition coefficient (Wildman–Crippen LogP) is 3.85. The third-order valence-electron chi connectivity index (χ3n) is 5.27. The van der Waals surface area contributed by atoms with Gasteiger partial charge in [-0.25, -0.2) is 4.79 Å². The van der Waals surface area contributed by atoms with E-state index in [0.29, 0.717) is 31.4 Å². The zero-order chi connectivity index (χ0) is 20.1. The first-order valence-corrected chi connectivity index (χ1v) is 10.2. The standard InChI is InChI=1S/C24H25NO4/c26-12-6-2-5-10-20-21-11-7-13-28-23(21)15-17-14-19(16-22(17)20)29-24(27)25-18-8-3-1-4-9-18/h1,3-4,8-9,15,19,26H,2,6-7,11-14,16H2,(H,25,27). The molecule has 29 heavy (non-hydrogen) atoms. The van der Waals surface area contributed by atoms with Crippen LogP contribution in [0.15, 0.2) is 36.4 Å². The number of hydrogen-bond donors (Lipinski definition) is 2. The molecule has 2 N–H and O–H groups in total. The number of aliphatic hydroxyl groups is 1. The van der Waals surface area contributed by atoms with E-state index in [1.807, 2.05) is 30.3 Å². The molecule has 0 saturated heterocycles. The van der Waals surface area contributed by atoms with Crippen molar-refractivity contribution in [3.05, 3.63) is 58.7 Å². The molecular weight excluding hydrogens is 366 g/mol. The van der Waals surface area contributed by atoms with Crippen molar-refractivity contribution in [3.63, 3.8) is 0 Å². The molecule has 1 aliphatic heterocycles. The fraction of sp³-hybridized carbons (Fsp3) is 0.375. The van der Waals surface area contributed by atoms with Crippen LogP contribution in [0.4, 0.5) is 10.5 Å². The molecule has 0 spiro atoms. The van der Waals surface area contributed by atoms with Gasteiger partial charge in [-0.05, 0) is 48.6 Å². The van der Waals surface area contributed by atoms with Crippen LogP contribution in [0.1, 0.15) is 41.5 Å². The van der Waals surface area contributed by atoms with E-state index in [0.717, 1.165) is 36.3 Å². The van der Waals surface area contributed by atoms with Crippen LogP contribution in [0.3, 0.4) is 0 Å². The molecule has 0 bridgehead atoms. The number of benzene rings is 2. The number of ether oxygens (including phenoxy) is 2. The second kappa shape index (κ2) is 9.02. The molecule has 1 heterocycles. The Kier molecular flexibility index (Phi) is 6.02. The summed E-state index contributed by atoms with van der Waals surface area (Å²) in [4.78, 5) is 12.3. The quantitative estimate of drug-likeness (QED) is 0.614. The van der Waals surface area contributed by atoms with E-state index in [1.54, 1.807) is 0 Å². The van der Waals surface area contributed by atoms with Gasteiger partial charge >= 0.3 is 6.09 Å². The molecule has 1 unspecified atom stereocenters. The average molecular weight is 391 g/mol. The second-order valence-electron chi connectivity index (χ2n) is 7.37. The van der Waals surface area contributed by atoms with Crippen molar-refractivity contribution in [2.45, 2.75) is 44.6 Å². The van der Waals surface area contributed by atoms with Crippen LogP contribution in [0.5, 0.6) is 5.75 Å². The van der Waals surface area contributed by atoms with Crippen molar-refractivity contribution in [1.82, 2.24) is 0 Å². The Balaban J connectivity index is 1.51. The lowest BCUT2D eigenvalue weighted by molar-refractivity contribution is 0.116. The van der Waals surface area contributed by atoms with Crippen molar-refractivity contribution in [3.8, 4) is 17.6 Å². The Morgan fingerprint density at radius 3 is 2.93 bits per heavy atom. The zero-order valence-corrected chi connectivity index (χ0v) is 16.4. The van der Waals surface area contributed by atoms with E-state index >= 15 is 0 Å². The molecule has 5 heteroatoms. The minimum Gasteiger partial charge on any atom is -0.493 e. The first-order valence-electron chi connectivity index (χ1n) is 10.2. The van der Waals surface area contributed by atoms with Gasteiger partial charge < -0.3 is 14.6 Å². The molecule has 4 rings (SSSR count). The third kappa shape index (κ3) is 4.55. The summed E-state index contributed by atoms with van der Waals surface area (Å²) in [6.45, 7) is 0.873. The van der Waals surface area contributed by atoms with Crippen molar-refractivity contribution in [2.24, 2.45) is 0 Å². The van der Waals surface area contributed by atoms with Gasteiger partial charge in [-0.2, -0.15) is 0 Å². The summed E-state index contributed by atoms with van der Waals surface area (Å²) in [7, 11) is 0. The van der Waals surface area contributed by atoms with Crippen LogP contribution in [0, 0.1) is 11.8 Å². The Hall–Kier alpha value is -2.97. The summed E-state index contributed by atoms with van der Waals surface area (Å²) in [5.41, 5.74) is 5.23. The average Bonchev–Trinajstić information content (AvgIpc) is 3.12. The zero-order valence-electron chi connectivity index (χ0n) is 16.4. The van der Waals surface area contributed by atoms with Gasteiger partial charge in [0.1, 0.15) is 11.9 Å². The molecule has 1 atom stereocenters. The van der Waals surface area contributed by atoms with E-state index in [4.69, 9.17) is 14.6 Å². The van der Waals surface area contributed by atoms with Gasteiger partial charge in [0.15, 0.2) is 0 Å². The summed E-state index contributed by atoms with van der Waals surface area (Å²) in [5.74, 6) is 7.42. The summed E-state index contributed by atoms with van der Waals surface area (Å²) in [6.07, 6.45) is 3.94. The molecule has 2 aliphatic rings. The molecule has 0 fully saturated rings. The van der Waals surface area contributed by atoms with Gasteiger partial charge in [0, 0.05) is 42.7 Å². The monoisotopic (exact) mass is 391 g/mol. The number of amides is 1. The van der Waals surface area contributed by atoms with Crippen molar-refractivity contribution in [1.29, 1.82) is 0 Å². The molecule has 1 amide bonds. The van der Waals surface area contributed by atoms with Crippen LogP contribution >= 0.6 is 0 Å². The van der Waals surface area contributed by atoms with Crippen LogP contribution in [-0.2, 0) is 24.0 Å². The molecule has 150 valence electrons. The van der Waals surface area contributed by atoms with E-state index in [-0.39, 0.29) is 12.7 Å². The molecule has 0 radical (unpaired) electrons. The van der Waals surface area contributed by atoms with Crippen LogP contribution in [-0.4, -0.2) is 30.5 Å². The van der Waals surface area contributed by atoms with E-state index in [2.05, 4.69) is 23.2 Å². The summed E-state index contributed by atoms with van der Waals surface area (Å²) < 4.78 is 11.6. The lowest BCUT2D eigenvalue weighted by Gasteiger charge is -2.21. The second-order valence-corrected chi connectivity index (χ2v) is 7.37. The maximum Gasteiger partial charge on any atom is 0.411 e. The number of anilines is 1. The molecule has 0 saturated carbocycles. The molecule has 1 aliphatic carbocycles. The number of carbonyl (C=O) groups is 1. The lowest BCUT2D eigenvalue weighted by Crippen LogP contribution is -2.22. The maximum absolute atomic E-state index is 12.3. The smallest absolute Gasteiger partial charge is 0.411 e. The number of fused-ring (bicyclic) bond motifs is 2. The number of aliphatic hydroxyl groups excluding tert-OH is 1. The normalized spacial score (nSPS) is 16.7. The SMILES string of the molecule is O=C(Nc1ccccc1)OC1Cc2cc3c(c(C#CCCCO)c2C1)CCCO3. The fourth-order valence-electron chi connectivity index (χ4n) is 3.94. The number of unbranched alkanes of at least 4 members (excludes halogenated alkanes) is 1. The van der Waals surface area contributed by atoms with Crippen molar-refractivity contribution in [2.75, 3.05) is 18.5 Å². The van der Waals surface area contributed by atoms with Gasteiger partial charge in [-0.3, -0.25) is 5.32 Å². The van der Waals surface area contributed by atoms with E-state index in [1.165, 1.54) is 11.1 Å². The maximum atomic E-state index is 12.3. The van der Waals surface area contributed by atoms with Crippen molar-refractivity contribution < 1.29 is 19.4 Å². The highest BCUT2D eigenvalue weighted by Crippen LogP contribution is 2.37. The first-order chi connectivity index (χ1) is 14.2. The van der Waals surface area contributed by atoms with Gasteiger partial charge in [-0.15, -0.1) is 0 Å². The Labute approximate surface area is 171 Å². The molecule has 2 aromatic rings. The topological polar surface area (TPSA) is 67.8 Å². The van der Waals surface area contributed by atoms with Gasteiger partial charge in [0.2, 0.25) is 0 Å². The van der Waals surface area contributed by atoms with Gasteiger partial charge in [0.25, 0.3) is 0 Å². The minimum atomic E-state index is -0.439. The summed E-state index contributed by atoms with van der Waals surface area (Å²) in [5, 5.41) is 11.8. The highest BCUT2D eigenvalue weighted by Gasteiger charge is 2.30. The number of carbonyl (C=O) groups excluding carboxylic acids is 1. The minimum absolute atomic E-state index is 0.148. The Morgan fingerprint density at radius 2 is 2.10 bits per heavy atom. The number of hydrogen-bond acceptors (Lipinski definition) is 4. The predicted molar refractivity (Wildman–Crippen MR) is 111 cm³/mol. The largest absolute Gasteiger partial charge is 0.493 e. The van der Waals surface area contributed by atoms with Crippen LogP contribution in [0.2, 0.25) is 0 Å². The Bertz CT molecular complexity index is 943. The third-order valence-corrected chi connectivity index (χ3v) is 5.27.